The molecule has 1 unspecified atom stereocenters. The Labute approximate surface area is 120 Å². The zero-order chi connectivity index (χ0) is 14.0. The number of hydrogen-bond donors (Lipinski definition) is 1. The van der Waals surface area contributed by atoms with Crippen LogP contribution in [0.15, 0.2) is 35.4 Å². The van der Waals surface area contributed by atoms with Crippen molar-refractivity contribution in [3.05, 3.63) is 52.3 Å². The summed E-state index contributed by atoms with van der Waals surface area (Å²) in [5.41, 5.74) is 9.25. The highest BCUT2D eigenvalue weighted by atomic mass is 35.5. The Kier molecular flexibility index (Phi) is 4.22. The largest absolute Gasteiger partial charge is 0.398 e. The number of halogens is 1. The molecule has 0 fully saturated rings. The lowest BCUT2D eigenvalue weighted by atomic mass is 10.1. The molecule has 0 saturated heterocycles. The van der Waals surface area contributed by atoms with Gasteiger partial charge in [0.25, 0.3) is 0 Å². The van der Waals surface area contributed by atoms with Crippen LogP contribution < -0.4 is 5.73 Å². The van der Waals surface area contributed by atoms with E-state index < -0.39 is 10.8 Å². The first-order valence-electron chi connectivity index (χ1n) is 5.84. The summed E-state index contributed by atoms with van der Waals surface area (Å²) in [6.45, 7) is 3.80. The number of pyridine rings is 1. The van der Waals surface area contributed by atoms with Crippen LogP contribution >= 0.6 is 11.6 Å². The zero-order valence-corrected chi connectivity index (χ0v) is 12.4. The van der Waals surface area contributed by atoms with Crippen LogP contribution in [0, 0.1) is 13.8 Å². The Hall–Kier alpha value is -1.39. The van der Waals surface area contributed by atoms with Crippen LogP contribution in [0.1, 0.15) is 16.8 Å². The third-order valence-corrected chi connectivity index (χ3v) is 4.85. The van der Waals surface area contributed by atoms with Crippen LogP contribution in [0.5, 0.6) is 0 Å². The molecule has 5 heteroatoms. The number of rotatable bonds is 3. The van der Waals surface area contributed by atoms with Crippen molar-refractivity contribution in [1.29, 1.82) is 0 Å². The summed E-state index contributed by atoms with van der Waals surface area (Å²) in [5.74, 6) is 0.319. The smallest absolute Gasteiger partial charge is 0.0709 e. The number of nitrogen functional groups attached to an aromatic ring is 1. The van der Waals surface area contributed by atoms with Gasteiger partial charge in [0.05, 0.1) is 32.2 Å². The number of hydrogen-bond acceptors (Lipinski definition) is 3. The van der Waals surface area contributed by atoms with Crippen molar-refractivity contribution in [1.82, 2.24) is 4.98 Å². The molecular weight excluding hydrogens is 280 g/mol. The van der Waals surface area contributed by atoms with Crippen LogP contribution in [-0.4, -0.2) is 9.19 Å². The maximum absolute atomic E-state index is 12.3. The summed E-state index contributed by atoms with van der Waals surface area (Å²) in [7, 11) is -1.22. The van der Waals surface area contributed by atoms with Gasteiger partial charge in [0, 0.05) is 11.9 Å². The van der Waals surface area contributed by atoms with Crippen molar-refractivity contribution in [2.24, 2.45) is 0 Å². The van der Waals surface area contributed by atoms with Crippen LogP contribution in [-0.2, 0) is 16.6 Å². The molecule has 3 nitrogen and oxygen atoms in total. The van der Waals surface area contributed by atoms with E-state index in [9.17, 15) is 4.21 Å². The van der Waals surface area contributed by atoms with Gasteiger partial charge < -0.3 is 5.73 Å². The molecule has 2 N–H and O–H groups in total. The highest BCUT2D eigenvalue weighted by molar-refractivity contribution is 7.84. The zero-order valence-electron chi connectivity index (χ0n) is 10.8. The van der Waals surface area contributed by atoms with E-state index in [-0.39, 0.29) is 0 Å². The van der Waals surface area contributed by atoms with Crippen LogP contribution in [0.2, 0.25) is 5.02 Å². The van der Waals surface area contributed by atoms with Gasteiger partial charge in [0.2, 0.25) is 0 Å². The molecule has 1 aromatic carbocycles. The molecule has 0 radical (unpaired) electrons. The van der Waals surface area contributed by atoms with E-state index in [4.69, 9.17) is 17.3 Å². The molecule has 0 bridgehead atoms. The first kappa shape index (κ1) is 14.0. The van der Waals surface area contributed by atoms with Gasteiger partial charge in [-0.1, -0.05) is 23.7 Å². The predicted molar refractivity (Wildman–Crippen MR) is 79.7 cm³/mol. The second-order valence-electron chi connectivity index (χ2n) is 4.35. The molecule has 2 rings (SSSR count). The summed E-state index contributed by atoms with van der Waals surface area (Å²) in [4.78, 5) is 4.95. The topological polar surface area (TPSA) is 56.0 Å². The van der Waals surface area contributed by atoms with Crippen LogP contribution in [0.4, 0.5) is 5.69 Å². The van der Waals surface area contributed by atoms with Crippen molar-refractivity contribution >= 4 is 28.1 Å². The minimum absolute atomic E-state index is 0.319. The highest BCUT2D eigenvalue weighted by Gasteiger charge is 2.13. The van der Waals surface area contributed by atoms with Crippen LogP contribution in [0.3, 0.4) is 0 Å². The first-order valence-corrected chi connectivity index (χ1v) is 7.54. The van der Waals surface area contributed by atoms with Crippen LogP contribution in [0.25, 0.3) is 0 Å². The van der Waals surface area contributed by atoms with Crippen molar-refractivity contribution in [3.8, 4) is 0 Å². The van der Waals surface area contributed by atoms with E-state index in [0.717, 1.165) is 16.8 Å². The Morgan fingerprint density at radius 3 is 2.68 bits per heavy atom. The van der Waals surface area contributed by atoms with Crippen molar-refractivity contribution in [2.75, 3.05) is 5.73 Å². The third kappa shape index (κ3) is 2.96. The Morgan fingerprint density at radius 1 is 1.32 bits per heavy atom. The number of nitrogens with zero attached hydrogens (tertiary/aromatic N) is 1. The minimum atomic E-state index is -1.22. The normalized spacial score (nSPS) is 12.4. The van der Waals surface area contributed by atoms with E-state index in [1.54, 1.807) is 18.3 Å². The van der Waals surface area contributed by atoms with Gasteiger partial charge >= 0.3 is 0 Å². The second-order valence-corrected chi connectivity index (χ2v) is 6.17. The van der Waals surface area contributed by atoms with E-state index in [1.165, 1.54) is 0 Å². The number of nitrogens with two attached hydrogens (primary N) is 1. The molecule has 0 spiro atoms. The molecule has 0 saturated carbocycles. The molecule has 100 valence electrons. The monoisotopic (exact) mass is 294 g/mol. The van der Waals surface area contributed by atoms with Gasteiger partial charge in [-0.05, 0) is 37.1 Å². The molecule has 0 aliphatic rings. The highest BCUT2D eigenvalue weighted by Crippen LogP contribution is 2.24. The number of benzene rings is 1. The van der Waals surface area contributed by atoms with Gasteiger partial charge in [-0.3, -0.25) is 9.19 Å². The average molecular weight is 295 g/mol. The summed E-state index contributed by atoms with van der Waals surface area (Å²) in [6, 6.07) is 7.14. The number of anilines is 1. The van der Waals surface area contributed by atoms with Crippen molar-refractivity contribution in [2.45, 2.75) is 24.5 Å². The van der Waals surface area contributed by atoms with Gasteiger partial charge in [0.1, 0.15) is 0 Å². The van der Waals surface area contributed by atoms with Crippen molar-refractivity contribution < 1.29 is 4.21 Å². The fourth-order valence-electron chi connectivity index (χ4n) is 1.77. The lowest BCUT2D eigenvalue weighted by Crippen LogP contribution is -2.05. The van der Waals surface area contributed by atoms with E-state index >= 15 is 0 Å². The molecule has 1 heterocycles. The second kappa shape index (κ2) is 5.72. The third-order valence-electron chi connectivity index (χ3n) is 3.03. The maximum Gasteiger partial charge on any atom is 0.0709 e. The van der Waals surface area contributed by atoms with Gasteiger partial charge in [-0.15, -0.1) is 0 Å². The molecule has 2 aromatic rings. The summed E-state index contributed by atoms with van der Waals surface area (Å²) in [6.07, 6.45) is 1.71. The predicted octanol–water partition coefficient (Wildman–Crippen LogP) is 3.24. The fraction of sp³-hybridized carbons (Fsp3) is 0.214. The number of aromatic nitrogens is 1. The molecule has 0 aliphatic carbocycles. The van der Waals surface area contributed by atoms with E-state index in [1.807, 2.05) is 26.0 Å². The quantitative estimate of drug-likeness (QED) is 0.945. The molecule has 0 amide bonds. The standard InChI is InChI=1S/C14H15ClN2OS/c1-9-7-17-12(10(2)14(9)16)8-19(18)13-6-4-3-5-11(13)15/h3-7H,8H2,1-2H3,(H2,16,17). The molecule has 0 aliphatic heterocycles. The Morgan fingerprint density at radius 2 is 2.00 bits per heavy atom. The van der Waals surface area contributed by atoms with Gasteiger partial charge in [0.15, 0.2) is 0 Å². The Bertz CT molecular complexity index is 643. The number of aryl methyl sites for hydroxylation is 1. The summed E-state index contributed by atoms with van der Waals surface area (Å²) in [5, 5.41) is 0.513. The molecule has 1 aromatic heterocycles. The molecule has 19 heavy (non-hydrogen) atoms. The van der Waals surface area contributed by atoms with Gasteiger partial charge in [-0.2, -0.15) is 0 Å². The molecular formula is C14H15ClN2OS. The summed E-state index contributed by atoms with van der Waals surface area (Å²) >= 11 is 6.04. The van der Waals surface area contributed by atoms with Crippen molar-refractivity contribution in [3.63, 3.8) is 0 Å². The SMILES string of the molecule is Cc1cnc(CS(=O)c2ccccc2Cl)c(C)c1N. The average Bonchev–Trinajstić information content (AvgIpc) is 2.40. The Balaban J connectivity index is 2.30. The van der Waals surface area contributed by atoms with E-state index in [2.05, 4.69) is 4.98 Å². The first-order chi connectivity index (χ1) is 9.00. The summed E-state index contributed by atoms with van der Waals surface area (Å²) < 4.78 is 12.3. The lowest BCUT2D eigenvalue weighted by molar-refractivity contribution is 0.682. The molecule has 1 atom stereocenters. The minimum Gasteiger partial charge on any atom is -0.398 e. The fourth-order valence-corrected chi connectivity index (χ4v) is 3.37. The lowest BCUT2D eigenvalue weighted by Gasteiger charge is -2.10. The van der Waals surface area contributed by atoms with Gasteiger partial charge in [-0.25, -0.2) is 0 Å². The van der Waals surface area contributed by atoms with E-state index in [0.29, 0.717) is 21.4 Å². The maximum atomic E-state index is 12.3.